The zero-order chi connectivity index (χ0) is 7.82. The molecular weight excluding hydrogens is 122 g/mol. The van der Waals surface area contributed by atoms with Crippen molar-refractivity contribution in [3.63, 3.8) is 0 Å². The van der Waals surface area contributed by atoms with Gasteiger partial charge in [-0.3, -0.25) is 4.99 Å². The van der Waals surface area contributed by atoms with Gasteiger partial charge in [0, 0.05) is 12.3 Å². The van der Waals surface area contributed by atoms with Crippen LogP contribution in [0.5, 0.6) is 0 Å². The fraction of sp³-hybridized carbons (Fsp3) is 0.889. The Morgan fingerprint density at radius 3 is 2.30 bits per heavy atom. The molecule has 0 fully saturated rings. The lowest BCUT2D eigenvalue weighted by Gasteiger charge is -1.94. The minimum Gasteiger partial charge on any atom is -0.295 e. The Balaban J connectivity index is 2.98. The SMILES string of the molecule is CCCCCCN=C(C)C. The number of rotatable bonds is 5. The summed E-state index contributed by atoms with van der Waals surface area (Å²) in [6.45, 7) is 7.37. The molecule has 0 atom stereocenters. The monoisotopic (exact) mass is 141 g/mol. The first-order valence-electron chi connectivity index (χ1n) is 4.25. The van der Waals surface area contributed by atoms with Gasteiger partial charge in [-0.05, 0) is 20.3 Å². The Kier molecular flexibility index (Phi) is 6.56. The summed E-state index contributed by atoms with van der Waals surface area (Å²) < 4.78 is 0. The summed E-state index contributed by atoms with van der Waals surface area (Å²) in [5, 5.41) is 0. The molecule has 0 aromatic heterocycles. The van der Waals surface area contributed by atoms with Crippen LogP contribution in [0.4, 0.5) is 0 Å². The minimum atomic E-state index is 1.03. The maximum atomic E-state index is 4.31. The highest BCUT2D eigenvalue weighted by atomic mass is 14.7. The van der Waals surface area contributed by atoms with Crippen molar-refractivity contribution < 1.29 is 0 Å². The molecular formula is C9H19N. The number of nitrogens with zero attached hydrogens (tertiary/aromatic N) is 1. The fourth-order valence-corrected chi connectivity index (χ4v) is 0.841. The van der Waals surface area contributed by atoms with Gasteiger partial charge in [0.05, 0.1) is 0 Å². The number of unbranched alkanes of at least 4 members (excludes halogenated alkanes) is 3. The molecule has 10 heavy (non-hydrogen) atoms. The molecule has 0 aliphatic carbocycles. The Morgan fingerprint density at radius 1 is 1.10 bits per heavy atom. The lowest BCUT2D eigenvalue weighted by Crippen LogP contribution is -1.86. The van der Waals surface area contributed by atoms with Crippen LogP contribution < -0.4 is 0 Å². The highest BCUT2D eigenvalue weighted by Gasteiger charge is 1.84. The number of hydrogen-bond donors (Lipinski definition) is 0. The van der Waals surface area contributed by atoms with Crippen molar-refractivity contribution in [3.05, 3.63) is 0 Å². The minimum absolute atomic E-state index is 1.03. The highest BCUT2D eigenvalue weighted by molar-refractivity contribution is 5.78. The van der Waals surface area contributed by atoms with E-state index >= 15 is 0 Å². The molecule has 0 rings (SSSR count). The van der Waals surface area contributed by atoms with Crippen LogP contribution >= 0.6 is 0 Å². The molecule has 0 saturated carbocycles. The van der Waals surface area contributed by atoms with E-state index < -0.39 is 0 Å². The summed E-state index contributed by atoms with van der Waals surface area (Å²) in [5.41, 5.74) is 1.21. The van der Waals surface area contributed by atoms with Crippen LogP contribution in [0.15, 0.2) is 4.99 Å². The van der Waals surface area contributed by atoms with E-state index in [1.165, 1.54) is 31.4 Å². The molecule has 0 spiro atoms. The topological polar surface area (TPSA) is 12.4 Å². The summed E-state index contributed by atoms with van der Waals surface area (Å²) in [7, 11) is 0. The summed E-state index contributed by atoms with van der Waals surface area (Å²) in [6.07, 6.45) is 5.28. The standard InChI is InChI=1S/C9H19N/c1-4-5-6-7-8-10-9(2)3/h4-8H2,1-3H3. The Bertz CT molecular complexity index is 90.9. The third-order valence-corrected chi connectivity index (χ3v) is 1.44. The van der Waals surface area contributed by atoms with E-state index in [4.69, 9.17) is 0 Å². The van der Waals surface area contributed by atoms with Crippen LogP contribution in [0.25, 0.3) is 0 Å². The van der Waals surface area contributed by atoms with Crippen molar-refractivity contribution in [2.24, 2.45) is 4.99 Å². The molecule has 0 aliphatic rings. The summed E-state index contributed by atoms with van der Waals surface area (Å²) >= 11 is 0. The van der Waals surface area contributed by atoms with Gasteiger partial charge in [0.2, 0.25) is 0 Å². The van der Waals surface area contributed by atoms with E-state index in [0.29, 0.717) is 0 Å². The average Bonchev–Trinajstić information content (AvgIpc) is 1.87. The van der Waals surface area contributed by atoms with Crippen LogP contribution in [-0.4, -0.2) is 12.3 Å². The van der Waals surface area contributed by atoms with Crippen LogP contribution in [0.3, 0.4) is 0 Å². The molecule has 1 heteroatoms. The summed E-state index contributed by atoms with van der Waals surface area (Å²) in [6, 6.07) is 0. The second-order valence-electron chi connectivity index (χ2n) is 2.89. The van der Waals surface area contributed by atoms with E-state index in [1.807, 2.05) is 0 Å². The van der Waals surface area contributed by atoms with Gasteiger partial charge in [-0.15, -0.1) is 0 Å². The zero-order valence-corrected chi connectivity index (χ0v) is 7.48. The van der Waals surface area contributed by atoms with Gasteiger partial charge in [0.25, 0.3) is 0 Å². The first kappa shape index (κ1) is 9.67. The van der Waals surface area contributed by atoms with E-state index in [-0.39, 0.29) is 0 Å². The van der Waals surface area contributed by atoms with Gasteiger partial charge in [-0.25, -0.2) is 0 Å². The van der Waals surface area contributed by atoms with Crippen LogP contribution in [0.2, 0.25) is 0 Å². The van der Waals surface area contributed by atoms with Crippen LogP contribution in [0, 0.1) is 0 Å². The van der Waals surface area contributed by atoms with Crippen molar-refractivity contribution in [2.45, 2.75) is 46.5 Å². The van der Waals surface area contributed by atoms with Crippen LogP contribution in [-0.2, 0) is 0 Å². The normalized spacial score (nSPS) is 9.50. The Hall–Kier alpha value is -0.330. The highest BCUT2D eigenvalue weighted by Crippen LogP contribution is 1.98. The van der Waals surface area contributed by atoms with Crippen molar-refractivity contribution in [2.75, 3.05) is 6.54 Å². The van der Waals surface area contributed by atoms with E-state index in [2.05, 4.69) is 25.8 Å². The first-order valence-corrected chi connectivity index (χ1v) is 4.25. The summed E-state index contributed by atoms with van der Waals surface area (Å²) in [4.78, 5) is 4.31. The molecule has 0 aromatic rings. The lowest BCUT2D eigenvalue weighted by atomic mass is 10.2. The van der Waals surface area contributed by atoms with Crippen LogP contribution in [0.1, 0.15) is 46.5 Å². The predicted octanol–water partition coefficient (Wildman–Crippen LogP) is 3.05. The molecule has 0 unspecified atom stereocenters. The zero-order valence-electron chi connectivity index (χ0n) is 7.48. The molecule has 0 heterocycles. The van der Waals surface area contributed by atoms with Gasteiger partial charge < -0.3 is 0 Å². The predicted molar refractivity (Wildman–Crippen MR) is 47.8 cm³/mol. The largest absolute Gasteiger partial charge is 0.295 e. The van der Waals surface area contributed by atoms with Crippen molar-refractivity contribution in [3.8, 4) is 0 Å². The molecule has 60 valence electrons. The van der Waals surface area contributed by atoms with Gasteiger partial charge in [0.1, 0.15) is 0 Å². The third kappa shape index (κ3) is 7.67. The molecule has 0 aliphatic heterocycles. The second kappa shape index (κ2) is 6.79. The molecule has 0 aromatic carbocycles. The van der Waals surface area contributed by atoms with Gasteiger partial charge in [-0.2, -0.15) is 0 Å². The summed E-state index contributed by atoms with van der Waals surface area (Å²) in [5.74, 6) is 0. The molecule has 0 bridgehead atoms. The van der Waals surface area contributed by atoms with E-state index in [9.17, 15) is 0 Å². The van der Waals surface area contributed by atoms with Crippen molar-refractivity contribution in [1.29, 1.82) is 0 Å². The van der Waals surface area contributed by atoms with E-state index in [1.54, 1.807) is 0 Å². The van der Waals surface area contributed by atoms with Gasteiger partial charge in [-0.1, -0.05) is 26.2 Å². The third-order valence-electron chi connectivity index (χ3n) is 1.44. The smallest absolute Gasteiger partial charge is 0.0388 e. The fourth-order valence-electron chi connectivity index (χ4n) is 0.841. The molecule has 0 radical (unpaired) electrons. The molecule has 1 nitrogen and oxygen atoms in total. The second-order valence-corrected chi connectivity index (χ2v) is 2.89. The Morgan fingerprint density at radius 2 is 1.80 bits per heavy atom. The maximum absolute atomic E-state index is 4.31. The quantitative estimate of drug-likeness (QED) is 0.412. The Labute approximate surface area is 64.6 Å². The van der Waals surface area contributed by atoms with Crippen molar-refractivity contribution >= 4 is 5.71 Å². The number of hydrogen-bond acceptors (Lipinski definition) is 1. The maximum Gasteiger partial charge on any atom is 0.0388 e. The molecule has 0 amide bonds. The molecule has 0 N–H and O–H groups in total. The van der Waals surface area contributed by atoms with E-state index in [0.717, 1.165) is 6.54 Å². The first-order chi connectivity index (χ1) is 4.77. The van der Waals surface area contributed by atoms with Gasteiger partial charge >= 0.3 is 0 Å². The van der Waals surface area contributed by atoms with Crippen molar-refractivity contribution in [1.82, 2.24) is 0 Å². The van der Waals surface area contributed by atoms with Gasteiger partial charge in [0.15, 0.2) is 0 Å². The lowest BCUT2D eigenvalue weighted by molar-refractivity contribution is 0.675. The average molecular weight is 141 g/mol. The molecule has 0 saturated heterocycles. The number of aliphatic imine (C=N–C) groups is 1.